The largest absolute Gasteiger partial charge is 0.461 e. The zero-order valence-corrected chi connectivity index (χ0v) is 16.1. The fraction of sp³-hybridized carbons (Fsp3) is 0.522. The third-order valence-electron chi connectivity index (χ3n) is 7.14. The van der Waals surface area contributed by atoms with E-state index in [0.717, 1.165) is 22.7 Å². The Morgan fingerprint density at radius 3 is 2.25 bits per heavy atom. The van der Waals surface area contributed by atoms with E-state index in [-0.39, 0.29) is 16.9 Å². The number of benzene rings is 1. The first-order valence-corrected chi connectivity index (χ1v) is 10.3. The van der Waals surface area contributed by atoms with E-state index < -0.39 is 11.9 Å². The van der Waals surface area contributed by atoms with Crippen LogP contribution in [0.15, 0.2) is 35.9 Å². The molecule has 4 saturated carbocycles. The molecule has 0 unspecified atom stereocenters. The Morgan fingerprint density at radius 1 is 1.07 bits per heavy atom. The van der Waals surface area contributed by atoms with Gasteiger partial charge in [-0.2, -0.15) is 0 Å². The minimum atomic E-state index is -0.448. The summed E-state index contributed by atoms with van der Waals surface area (Å²) in [7, 11) is 0. The van der Waals surface area contributed by atoms with Gasteiger partial charge in [-0.05, 0) is 75.3 Å². The number of hydrogen-bond donors (Lipinski definition) is 0. The minimum absolute atomic E-state index is 0.136. The zero-order chi connectivity index (χ0) is 19.5. The van der Waals surface area contributed by atoms with Crippen molar-refractivity contribution in [2.45, 2.75) is 45.4 Å². The molecule has 6 rings (SSSR count). The highest BCUT2D eigenvalue weighted by atomic mass is 16.5. The third-order valence-corrected chi connectivity index (χ3v) is 7.14. The predicted molar refractivity (Wildman–Crippen MR) is 104 cm³/mol. The van der Waals surface area contributed by atoms with Gasteiger partial charge in [0.05, 0.1) is 17.9 Å². The molecule has 2 amide bonds. The molecule has 5 heteroatoms. The molecule has 5 nitrogen and oxygen atoms in total. The lowest BCUT2D eigenvalue weighted by atomic mass is 9.50. The molecule has 1 heterocycles. The molecular weight excluding hydrogens is 354 g/mol. The predicted octanol–water partition coefficient (Wildman–Crippen LogP) is 3.88. The van der Waals surface area contributed by atoms with Gasteiger partial charge in [-0.3, -0.25) is 9.59 Å². The summed E-state index contributed by atoms with van der Waals surface area (Å²) in [5.74, 6) is 1.15. The maximum atomic E-state index is 12.9. The molecular formula is C23H25NO4. The molecule has 0 aromatic heterocycles. The summed E-state index contributed by atoms with van der Waals surface area (Å²) in [4.78, 5) is 38.6. The molecule has 4 aliphatic carbocycles. The number of imide groups is 1. The highest BCUT2D eigenvalue weighted by Gasteiger charge is 2.51. The Kier molecular flexibility index (Phi) is 3.97. The van der Waals surface area contributed by atoms with Crippen molar-refractivity contribution in [3.05, 3.63) is 41.5 Å². The maximum absolute atomic E-state index is 12.9. The average molecular weight is 379 g/mol. The Balaban J connectivity index is 1.34. The van der Waals surface area contributed by atoms with Crippen molar-refractivity contribution >= 4 is 23.5 Å². The summed E-state index contributed by atoms with van der Waals surface area (Å²) in [5.41, 5.74) is 1.09. The van der Waals surface area contributed by atoms with Crippen LogP contribution in [-0.2, 0) is 14.3 Å². The number of amides is 2. The van der Waals surface area contributed by atoms with Crippen molar-refractivity contribution in [2.24, 2.45) is 23.2 Å². The molecule has 0 saturated heterocycles. The standard InChI is InChI=1S/C23H25NO4/c1-14-6-20(25)24(21(14)26)19-5-3-2-4-18(19)22(27)28-13-23-10-15-7-16(11-23)9-17(8-15)12-23/h2-6,15-17H,7-13H2,1H3. The second kappa shape index (κ2) is 6.29. The Hall–Kier alpha value is -2.43. The van der Waals surface area contributed by atoms with E-state index >= 15 is 0 Å². The minimum Gasteiger partial charge on any atom is -0.461 e. The molecule has 0 atom stereocenters. The van der Waals surface area contributed by atoms with E-state index in [0.29, 0.717) is 17.9 Å². The molecule has 4 fully saturated rings. The zero-order valence-electron chi connectivity index (χ0n) is 16.1. The summed E-state index contributed by atoms with van der Waals surface area (Å²) in [6.07, 6.45) is 8.85. The first-order chi connectivity index (χ1) is 13.4. The van der Waals surface area contributed by atoms with Gasteiger partial charge in [0.15, 0.2) is 0 Å². The van der Waals surface area contributed by atoms with Gasteiger partial charge in [0.1, 0.15) is 0 Å². The first-order valence-electron chi connectivity index (χ1n) is 10.3. The number of carbonyl (C=O) groups is 3. The lowest BCUT2D eigenvalue weighted by Gasteiger charge is -2.56. The van der Waals surface area contributed by atoms with Gasteiger partial charge < -0.3 is 4.74 Å². The molecule has 0 spiro atoms. The lowest BCUT2D eigenvalue weighted by molar-refractivity contribution is -0.120. The van der Waals surface area contributed by atoms with E-state index in [1.165, 1.54) is 44.6 Å². The second-order valence-corrected chi connectivity index (χ2v) is 9.32. The van der Waals surface area contributed by atoms with Gasteiger partial charge in [-0.1, -0.05) is 12.1 Å². The first kappa shape index (κ1) is 17.7. The van der Waals surface area contributed by atoms with Gasteiger partial charge in [-0.15, -0.1) is 0 Å². The monoisotopic (exact) mass is 379 g/mol. The normalized spacial score (nSPS) is 33.4. The van der Waals surface area contributed by atoms with Crippen molar-refractivity contribution in [3.63, 3.8) is 0 Å². The van der Waals surface area contributed by atoms with Crippen molar-refractivity contribution in [1.82, 2.24) is 0 Å². The van der Waals surface area contributed by atoms with Crippen molar-refractivity contribution in [2.75, 3.05) is 11.5 Å². The Morgan fingerprint density at radius 2 is 1.68 bits per heavy atom. The molecule has 5 aliphatic rings. The average Bonchev–Trinajstić information content (AvgIpc) is 2.90. The fourth-order valence-electron chi connectivity index (χ4n) is 6.42. The number of ether oxygens (including phenoxy) is 1. The Labute approximate surface area is 164 Å². The van der Waals surface area contributed by atoms with Gasteiger partial charge in [0.25, 0.3) is 11.8 Å². The summed E-state index contributed by atoms with van der Waals surface area (Å²) in [6.45, 7) is 2.05. The quantitative estimate of drug-likeness (QED) is 0.588. The van der Waals surface area contributed by atoms with Crippen LogP contribution >= 0.6 is 0 Å². The topological polar surface area (TPSA) is 63.7 Å². The van der Waals surface area contributed by atoms with Crippen LogP contribution in [0.5, 0.6) is 0 Å². The number of rotatable bonds is 4. The van der Waals surface area contributed by atoms with E-state index in [2.05, 4.69) is 0 Å². The van der Waals surface area contributed by atoms with Crippen LogP contribution in [0.25, 0.3) is 0 Å². The van der Waals surface area contributed by atoms with Gasteiger partial charge in [0, 0.05) is 17.1 Å². The molecule has 146 valence electrons. The number of anilines is 1. The third kappa shape index (κ3) is 2.79. The maximum Gasteiger partial charge on any atom is 0.340 e. The summed E-state index contributed by atoms with van der Waals surface area (Å²) in [6, 6.07) is 6.71. The number of carbonyl (C=O) groups excluding carboxylic acids is 3. The molecule has 1 aliphatic heterocycles. The summed E-state index contributed by atoms with van der Waals surface area (Å²) < 4.78 is 5.81. The Bertz CT molecular complexity index is 864. The van der Waals surface area contributed by atoms with Crippen LogP contribution in [0.3, 0.4) is 0 Å². The van der Waals surface area contributed by atoms with E-state index in [9.17, 15) is 14.4 Å². The van der Waals surface area contributed by atoms with Crippen LogP contribution in [0.1, 0.15) is 55.8 Å². The van der Waals surface area contributed by atoms with Crippen LogP contribution in [0, 0.1) is 23.2 Å². The SMILES string of the molecule is CC1=CC(=O)N(c2ccccc2C(=O)OCC23CC4CC(CC(C4)C2)C3)C1=O. The van der Waals surface area contributed by atoms with E-state index in [1.807, 2.05) is 0 Å². The molecule has 0 radical (unpaired) electrons. The van der Waals surface area contributed by atoms with E-state index in [1.54, 1.807) is 31.2 Å². The smallest absolute Gasteiger partial charge is 0.340 e. The van der Waals surface area contributed by atoms with Gasteiger partial charge in [0.2, 0.25) is 0 Å². The fourth-order valence-corrected chi connectivity index (χ4v) is 6.42. The molecule has 1 aromatic rings. The van der Waals surface area contributed by atoms with Crippen LogP contribution in [-0.4, -0.2) is 24.4 Å². The molecule has 4 bridgehead atoms. The number of esters is 1. The molecule has 28 heavy (non-hydrogen) atoms. The van der Waals surface area contributed by atoms with E-state index in [4.69, 9.17) is 4.74 Å². The number of para-hydroxylation sites is 1. The van der Waals surface area contributed by atoms with Crippen LogP contribution < -0.4 is 4.90 Å². The number of nitrogens with zero attached hydrogens (tertiary/aromatic N) is 1. The lowest BCUT2D eigenvalue weighted by Crippen LogP contribution is -2.48. The van der Waals surface area contributed by atoms with Crippen LogP contribution in [0.4, 0.5) is 5.69 Å². The summed E-state index contributed by atoms with van der Waals surface area (Å²) in [5, 5.41) is 0. The number of hydrogen-bond acceptors (Lipinski definition) is 4. The van der Waals surface area contributed by atoms with Gasteiger partial charge in [-0.25, -0.2) is 9.69 Å². The highest BCUT2D eigenvalue weighted by Crippen LogP contribution is 2.60. The highest BCUT2D eigenvalue weighted by molar-refractivity contribution is 6.31. The van der Waals surface area contributed by atoms with Gasteiger partial charge >= 0.3 is 5.97 Å². The van der Waals surface area contributed by atoms with Crippen molar-refractivity contribution < 1.29 is 19.1 Å². The van der Waals surface area contributed by atoms with Crippen molar-refractivity contribution in [1.29, 1.82) is 0 Å². The van der Waals surface area contributed by atoms with Crippen LogP contribution in [0.2, 0.25) is 0 Å². The van der Waals surface area contributed by atoms with Crippen molar-refractivity contribution in [3.8, 4) is 0 Å². The molecule has 1 aromatic carbocycles. The molecule has 0 N–H and O–H groups in total. The summed E-state index contributed by atoms with van der Waals surface area (Å²) >= 11 is 0. The second-order valence-electron chi connectivity index (χ2n) is 9.32.